The zero-order valence-corrected chi connectivity index (χ0v) is 16.2. The van der Waals surface area contributed by atoms with Gasteiger partial charge in [0.1, 0.15) is 0 Å². The zero-order chi connectivity index (χ0) is 18.1. The van der Waals surface area contributed by atoms with Crippen molar-refractivity contribution >= 4 is 11.9 Å². The predicted octanol–water partition coefficient (Wildman–Crippen LogP) is 1.61. The van der Waals surface area contributed by atoms with Gasteiger partial charge in [-0.2, -0.15) is 0 Å². The highest BCUT2D eigenvalue weighted by atomic mass is 16.5. The Hall–Kier alpha value is -1.30. The maximum absolute atomic E-state index is 12.1. The Bertz CT molecular complexity index is 468. The molecule has 0 saturated heterocycles. The highest BCUT2D eigenvalue weighted by Gasteiger charge is 2.58. The van der Waals surface area contributed by atoms with Crippen molar-refractivity contribution in [2.45, 2.75) is 65.1 Å². The Morgan fingerprint density at radius 2 is 1.91 bits per heavy atom. The Morgan fingerprint density at radius 1 is 1.35 bits per heavy atom. The maximum atomic E-state index is 12.1. The molecule has 0 bridgehead atoms. The summed E-state index contributed by atoms with van der Waals surface area (Å²) in [5.74, 6) is 0.711. The Labute approximate surface area is 141 Å². The highest BCUT2D eigenvalue weighted by molar-refractivity contribution is 5.86. The van der Waals surface area contributed by atoms with Crippen molar-refractivity contribution in [1.82, 2.24) is 15.5 Å². The average molecular weight is 326 g/mol. The molecule has 2 unspecified atom stereocenters. The Kier molecular flexibility index (Phi) is 5.73. The van der Waals surface area contributed by atoms with Crippen LogP contribution in [0.2, 0.25) is 0 Å². The molecule has 0 aliphatic heterocycles. The van der Waals surface area contributed by atoms with E-state index in [2.05, 4.69) is 36.4 Å². The van der Waals surface area contributed by atoms with Gasteiger partial charge in [-0.25, -0.2) is 0 Å². The second-order valence-electron chi connectivity index (χ2n) is 8.26. The summed E-state index contributed by atoms with van der Waals surface area (Å²) in [7, 11) is 5.37. The number of carbonyl (C=O) groups is 1. The first-order valence-corrected chi connectivity index (χ1v) is 8.17. The van der Waals surface area contributed by atoms with E-state index in [1.165, 1.54) is 0 Å². The molecule has 6 heteroatoms. The minimum absolute atomic E-state index is 0.00774. The van der Waals surface area contributed by atoms with Gasteiger partial charge in [-0.1, -0.05) is 13.8 Å². The van der Waals surface area contributed by atoms with Crippen molar-refractivity contribution in [2.75, 3.05) is 27.7 Å². The summed E-state index contributed by atoms with van der Waals surface area (Å²) < 4.78 is 5.66. The van der Waals surface area contributed by atoms with Crippen LogP contribution in [0.5, 0.6) is 0 Å². The number of aliphatic imine (C=N–C) groups is 1. The molecule has 23 heavy (non-hydrogen) atoms. The van der Waals surface area contributed by atoms with Crippen LogP contribution in [0.1, 0.15) is 48.0 Å². The van der Waals surface area contributed by atoms with Crippen molar-refractivity contribution in [3.63, 3.8) is 0 Å². The first-order valence-electron chi connectivity index (χ1n) is 8.17. The zero-order valence-electron chi connectivity index (χ0n) is 16.2. The number of carbonyl (C=O) groups excluding carboxylic acids is 1. The lowest BCUT2D eigenvalue weighted by Crippen LogP contribution is -2.69. The van der Waals surface area contributed by atoms with Gasteiger partial charge in [0.05, 0.1) is 12.1 Å². The fraction of sp³-hybridized carbons (Fsp3) is 0.882. The van der Waals surface area contributed by atoms with E-state index in [4.69, 9.17) is 4.74 Å². The van der Waals surface area contributed by atoms with Crippen LogP contribution in [0.3, 0.4) is 0 Å². The number of hydrogen-bond acceptors (Lipinski definition) is 3. The first-order chi connectivity index (χ1) is 10.4. The lowest BCUT2D eigenvalue weighted by molar-refractivity contribution is -0.177. The number of ether oxygens (including phenoxy) is 1. The van der Waals surface area contributed by atoms with Crippen LogP contribution in [0.4, 0.5) is 0 Å². The van der Waals surface area contributed by atoms with Crippen LogP contribution >= 0.6 is 0 Å². The smallest absolute Gasteiger partial charge is 0.240 e. The maximum Gasteiger partial charge on any atom is 0.240 e. The number of amides is 1. The van der Waals surface area contributed by atoms with Gasteiger partial charge in [0.15, 0.2) is 5.96 Å². The summed E-state index contributed by atoms with van der Waals surface area (Å²) in [5.41, 5.74) is -0.372. The van der Waals surface area contributed by atoms with Gasteiger partial charge < -0.3 is 20.3 Å². The number of hydrogen-bond donors (Lipinski definition) is 2. The molecule has 0 radical (unpaired) electrons. The summed E-state index contributed by atoms with van der Waals surface area (Å²) in [5, 5.41) is 6.43. The van der Waals surface area contributed by atoms with E-state index in [1.54, 1.807) is 14.2 Å². The van der Waals surface area contributed by atoms with Gasteiger partial charge in [0.2, 0.25) is 5.91 Å². The highest BCUT2D eigenvalue weighted by Crippen LogP contribution is 2.51. The molecule has 134 valence electrons. The fourth-order valence-corrected chi connectivity index (χ4v) is 2.97. The number of methoxy groups -OCH3 is 1. The molecule has 1 aliphatic rings. The Morgan fingerprint density at radius 3 is 2.30 bits per heavy atom. The monoisotopic (exact) mass is 326 g/mol. The minimum Gasteiger partial charge on any atom is -0.378 e. The summed E-state index contributed by atoms with van der Waals surface area (Å²) in [6.07, 6.45) is 0.914. The van der Waals surface area contributed by atoms with Crippen LogP contribution in [-0.4, -0.2) is 61.7 Å². The van der Waals surface area contributed by atoms with Crippen molar-refractivity contribution in [1.29, 1.82) is 0 Å². The Balaban J connectivity index is 2.64. The fourth-order valence-electron chi connectivity index (χ4n) is 2.97. The third kappa shape index (κ3) is 4.37. The van der Waals surface area contributed by atoms with Gasteiger partial charge >= 0.3 is 0 Å². The van der Waals surface area contributed by atoms with Crippen molar-refractivity contribution in [3.05, 3.63) is 0 Å². The third-order valence-corrected chi connectivity index (χ3v) is 5.05. The summed E-state index contributed by atoms with van der Waals surface area (Å²) in [6, 6.07) is 0.263. The van der Waals surface area contributed by atoms with Crippen LogP contribution < -0.4 is 10.6 Å². The lowest BCUT2D eigenvalue weighted by atomic mass is 9.56. The van der Waals surface area contributed by atoms with Crippen molar-refractivity contribution in [2.24, 2.45) is 10.4 Å². The summed E-state index contributed by atoms with van der Waals surface area (Å²) in [4.78, 5) is 18.2. The van der Waals surface area contributed by atoms with Crippen molar-refractivity contribution < 1.29 is 9.53 Å². The van der Waals surface area contributed by atoms with E-state index >= 15 is 0 Å². The molecule has 6 nitrogen and oxygen atoms in total. The molecule has 1 amide bonds. The van der Waals surface area contributed by atoms with Gasteiger partial charge in [-0.15, -0.1) is 0 Å². The second-order valence-corrected chi connectivity index (χ2v) is 8.26. The number of nitrogens with one attached hydrogen (secondary N) is 2. The molecular formula is C17H34N4O2. The summed E-state index contributed by atoms with van der Waals surface area (Å²) in [6.45, 7) is 12.7. The molecule has 0 aromatic rings. The molecule has 2 N–H and O–H groups in total. The molecule has 1 fully saturated rings. The van der Waals surface area contributed by atoms with Crippen LogP contribution in [-0.2, 0) is 9.53 Å². The molecule has 1 aliphatic carbocycles. The predicted molar refractivity (Wildman–Crippen MR) is 94.6 cm³/mol. The lowest BCUT2D eigenvalue weighted by Gasteiger charge is -2.59. The van der Waals surface area contributed by atoms with Crippen molar-refractivity contribution in [3.8, 4) is 0 Å². The average Bonchev–Trinajstić information content (AvgIpc) is 2.40. The van der Waals surface area contributed by atoms with Gasteiger partial charge in [-0.3, -0.25) is 9.79 Å². The first kappa shape index (κ1) is 19.7. The van der Waals surface area contributed by atoms with Crippen LogP contribution in [0, 0.1) is 5.41 Å². The number of nitrogens with zero attached hydrogens (tertiary/aromatic N) is 2. The standard InChI is InChI=1S/C17H34N4O2/c1-15(2,3)20-13(22)11-21(8)14(18-7)19-12-10-17(6,23-9)16(12,4)5/h12H,10-11H2,1-9H3,(H,18,19)(H,20,22). The van der Waals surface area contributed by atoms with Gasteiger partial charge in [0, 0.05) is 38.2 Å². The molecule has 0 heterocycles. The SMILES string of the molecule is CN=C(NC1CC(C)(OC)C1(C)C)N(C)CC(=O)NC(C)(C)C. The van der Waals surface area contributed by atoms with E-state index < -0.39 is 0 Å². The van der Waals surface area contributed by atoms with Gasteiger partial charge in [0.25, 0.3) is 0 Å². The molecule has 0 spiro atoms. The molecule has 0 aromatic carbocycles. The van der Waals surface area contributed by atoms with E-state index in [0.717, 1.165) is 12.4 Å². The largest absolute Gasteiger partial charge is 0.378 e. The number of likely N-dealkylation sites (N-methyl/N-ethyl adjacent to an activating group) is 1. The van der Waals surface area contributed by atoms with Crippen LogP contribution in [0.15, 0.2) is 4.99 Å². The van der Waals surface area contributed by atoms with E-state index in [1.807, 2.05) is 32.7 Å². The molecule has 1 rings (SSSR count). The summed E-state index contributed by atoms with van der Waals surface area (Å²) >= 11 is 0. The van der Waals surface area contributed by atoms with E-state index in [-0.39, 0.29) is 35.0 Å². The van der Waals surface area contributed by atoms with Gasteiger partial charge in [-0.05, 0) is 34.1 Å². The minimum atomic E-state index is -0.231. The molecule has 2 atom stereocenters. The molecule has 0 aromatic heterocycles. The molecule has 1 saturated carbocycles. The topological polar surface area (TPSA) is 66.0 Å². The van der Waals surface area contributed by atoms with E-state index in [9.17, 15) is 4.79 Å². The quantitative estimate of drug-likeness (QED) is 0.608. The normalized spacial score (nSPS) is 27.2. The third-order valence-electron chi connectivity index (χ3n) is 5.05. The van der Waals surface area contributed by atoms with E-state index in [0.29, 0.717) is 0 Å². The second kappa shape index (κ2) is 6.67. The van der Waals surface area contributed by atoms with Crippen LogP contribution in [0.25, 0.3) is 0 Å². The number of rotatable bonds is 4. The number of guanidine groups is 1. The molecular weight excluding hydrogens is 292 g/mol.